The molecule has 1 aliphatic carbocycles. The molecule has 128 valence electrons. The Hall–Kier alpha value is -1.77. The third-order valence-electron chi connectivity index (χ3n) is 5.75. The van der Waals surface area contributed by atoms with E-state index in [9.17, 15) is 0 Å². The Morgan fingerprint density at radius 2 is 1.88 bits per heavy atom. The van der Waals surface area contributed by atoms with Crippen molar-refractivity contribution in [2.75, 3.05) is 11.9 Å². The molecule has 4 rings (SSSR count). The van der Waals surface area contributed by atoms with Gasteiger partial charge in [-0.1, -0.05) is 31.4 Å². The molecule has 1 aromatic carbocycles. The maximum atomic E-state index is 5.18. The number of benzene rings is 1. The monoisotopic (exact) mass is 323 g/mol. The molecule has 0 spiro atoms. The number of rotatable bonds is 2. The smallest absolute Gasteiger partial charge is 0.133 e. The van der Waals surface area contributed by atoms with Gasteiger partial charge >= 0.3 is 0 Å². The molecular formula is C21H29N3. The molecule has 0 bridgehead atoms. The molecule has 1 aliphatic heterocycles. The Morgan fingerprint density at radius 1 is 1.04 bits per heavy atom. The Balaban J connectivity index is 1.84. The van der Waals surface area contributed by atoms with E-state index in [4.69, 9.17) is 5.10 Å². The van der Waals surface area contributed by atoms with Gasteiger partial charge in [-0.2, -0.15) is 5.10 Å². The molecule has 0 amide bonds. The van der Waals surface area contributed by atoms with Crippen LogP contribution in [0.15, 0.2) is 18.2 Å². The predicted molar refractivity (Wildman–Crippen MR) is 100 cm³/mol. The van der Waals surface area contributed by atoms with Gasteiger partial charge in [0, 0.05) is 18.0 Å². The van der Waals surface area contributed by atoms with Crippen LogP contribution in [-0.2, 0) is 6.42 Å². The molecule has 0 radical (unpaired) electrons. The van der Waals surface area contributed by atoms with Crippen molar-refractivity contribution in [3.05, 3.63) is 40.6 Å². The van der Waals surface area contributed by atoms with Gasteiger partial charge in [0.1, 0.15) is 5.82 Å². The van der Waals surface area contributed by atoms with Crippen molar-refractivity contribution < 1.29 is 0 Å². The first-order valence-electron chi connectivity index (χ1n) is 9.67. The van der Waals surface area contributed by atoms with Crippen LogP contribution in [0.5, 0.6) is 0 Å². The molecule has 0 unspecified atom stereocenters. The lowest BCUT2D eigenvalue weighted by Gasteiger charge is -2.20. The first-order valence-corrected chi connectivity index (χ1v) is 9.67. The average Bonchev–Trinajstić information content (AvgIpc) is 2.79. The summed E-state index contributed by atoms with van der Waals surface area (Å²) in [6.45, 7) is 5.42. The molecule has 3 nitrogen and oxygen atoms in total. The van der Waals surface area contributed by atoms with Crippen LogP contribution >= 0.6 is 0 Å². The topological polar surface area (TPSA) is 29.9 Å². The van der Waals surface area contributed by atoms with Gasteiger partial charge in [0.2, 0.25) is 0 Å². The van der Waals surface area contributed by atoms with Gasteiger partial charge in [-0.3, -0.25) is 0 Å². The minimum Gasteiger partial charge on any atom is -0.370 e. The zero-order valence-corrected chi connectivity index (χ0v) is 15.1. The Kier molecular flexibility index (Phi) is 4.34. The largest absolute Gasteiger partial charge is 0.370 e. The zero-order valence-electron chi connectivity index (χ0n) is 15.1. The summed E-state index contributed by atoms with van der Waals surface area (Å²) in [5, 5.41) is 8.88. The van der Waals surface area contributed by atoms with E-state index in [1.807, 2.05) is 0 Å². The van der Waals surface area contributed by atoms with E-state index in [0.29, 0.717) is 5.92 Å². The predicted octanol–water partition coefficient (Wildman–Crippen LogP) is 5.29. The minimum absolute atomic E-state index is 0.666. The highest BCUT2D eigenvalue weighted by molar-refractivity contribution is 5.57. The lowest BCUT2D eigenvalue weighted by Crippen LogP contribution is -2.09. The first kappa shape index (κ1) is 15.7. The maximum Gasteiger partial charge on any atom is 0.133 e. The third-order valence-corrected chi connectivity index (χ3v) is 5.75. The number of hydrogen-bond donors (Lipinski definition) is 1. The quantitative estimate of drug-likeness (QED) is 0.814. The van der Waals surface area contributed by atoms with E-state index >= 15 is 0 Å². The van der Waals surface area contributed by atoms with Crippen LogP contribution in [0.4, 0.5) is 5.82 Å². The molecule has 0 atom stereocenters. The molecule has 2 aliphatic rings. The van der Waals surface area contributed by atoms with Gasteiger partial charge in [0.05, 0.1) is 11.4 Å². The normalized spacial score (nSPS) is 18.8. The van der Waals surface area contributed by atoms with Gasteiger partial charge in [0.15, 0.2) is 0 Å². The fourth-order valence-electron chi connectivity index (χ4n) is 4.35. The van der Waals surface area contributed by atoms with Crippen LogP contribution in [0.25, 0.3) is 5.69 Å². The molecule has 3 heteroatoms. The summed E-state index contributed by atoms with van der Waals surface area (Å²) in [7, 11) is 0. The first-order chi connectivity index (χ1) is 11.7. The van der Waals surface area contributed by atoms with Gasteiger partial charge in [-0.15, -0.1) is 0 Å². The molecule has 1 saturated carbocycles. The Bertz CT molecular complexity index is 723. The van der Waals surface area contributed by atoms with Crippen molar-refractivity contribution in [1.29, 1.82) is 0 Å². The molecule has 2 aromatic rings. The van der Waals surface area contributed by atoms with E-state index in [1.165, 1.54) is 85.3 Å². The van der Waals surface area contributed by atoms with Gasteiger partial charge in [-0.05, 0) is 63.1 Å². The lowest BCUT2D eigenvalue weighted by atomic mass is 9.85. The summed E-state index contributed by atoms with van der Waals surface area (Å²) in [5.74, 6) is 1.93. The highest BCUT2D eigenvalue weighted by Gasteiger charge is 2.27. The zero-order chi connectivity index (χ0) is 16.5. The molecule has 1 fully saturated rings. The molecule has 1 aromatic heterocycles. The highest BCUT2D eigenvalue weighted by Crippen LogP contribution is 2.38. The Labute approximate surface area is 145 Å². The summed E-state index contributed by atoms with van der Waals surface area (Å²) in [5.41, 5.74) is 6.72. The van der Waals surface area contributed by atoms with E-state index in [2.05, 4.69) is 42.0 Å². The molecular weight excluding hydrogens is 294 g/mol. The minimum atomic E-state index is 0.666. The van der Waals surface area contributed by atoms with Crippen LogP contribution in [0.2, 0.25) is 0 Å². The van der Waals surface area contributed by atoms with E-state index in [0.717, 1.165) is 6.54 Å². The summed E-state index contributed by atoms with van der Waals surface area (Å²) < 4.78 is 2.22. The van der Waals surface area contributed by atoms with Gasteiger partial charge in [0.25, 0.3) is 0 Å². The van der Waals surface area contributed by atoms with Gasteiger partial charge < -0.3 is 5.32 Å². The van der Waals surface area contributed by atoms with E-state index in [1.54, 1.807) is 0 Å². The lowest BCUT2D eigenvalue weighted by molar-refractivity contribution is 0.432. The standard InChI is InChI=1S/C21H29N3/c1-15-11-12-16(2)19(14-15)24-21-18(10-6-7-13-22-21)20(23-24)17-8-4-3-5-9-17/h11-12,14,17,22H,3-10,13H2,1-2H3. The van der Waals surface area contributed by atoms with Crippen molar-refractivity contribution in [3.8, 4) is 5.69 Å². The average molecular weight is 323 g/mol. The van der Waals surface area contributed by atoms with E-state index < -0.39 is 0 Å². The number of aryl methyl sites for hydroxylation is 2. The van der Waals surface area contributed by atoms with Crippen molar-refractivity contribution in [2.45, 2.75) is 71.1 Å². The summed E-state index contributed by atoms with van der Waals surface area (Å²) in [6, 6.07) is 6.69. The van der Waals surface area contributed by atoms with Crippen LogP contribution in [0, 0.1) is 13.8 Å². The van der Waals surface area contributed by atoms with Crippen LogP contribution < -0.4 is 5.32 Å². The van der Waals surface area contributed by atoms with Crippen LogP contribution in [0.1, 0.15) is 73.2 Å². The van der Waals surface area contributed by atoms with Crippen LogP contribution in [-0.4, -0.2) is 16.3 Å². The van der Waals surface area contributed by atoms with E-state index in [-0.39, 0.29) is 0 Å². The summed E-state index contributed by atoms with van der Waals surface area (Å²) >= 11 is 0. The highest BCUT2D eigenvalue weighted by atomic mass is 15.3. The number of nitrogens with zero attached hydrogens (tertiary/aromatic N) is 2. The number of aromatic nitrogens is 2. The molecule has 0 saturated heterocycles. The SMILES string of the molecule is Cc1ccc(C)c(-n2nc(C3CCCCC3)c3c2NCCCC3)c1. The molecule has 24 heavy (non-hydrogen) atoms. The second-order valence-corrected chi connectivity index (χ2v) is 7.63. The second-order valence-electron chi connectivity index (χ2n) is 7.63. The number of hydrogen-bond acceptors (Lipinski definition) is 2. The summed E-state index contributed by atoms with van der Waals surface area (Å²) in [4.78, 5) is 0. The fraction of sp³-hybridized carbons (Fsp3) is 0.571. The summed E-state index contributed by atoms with van der Waals surface area (Å²) in [6.07, 6.45) is 10.5. The number of anilines is 1. The van der Waals surface area contributed by atoms with Crippen molar-refractivity contribution in [2.24, 2.45) is 0 Å². The van der Waals surface area contributed by atoms with Crippen molar-refractivity contribution >= 4 is 5.82 Å². The third kappa shape index (κ3) is 2.85. The van der Waals surface area contributed by atoms with Crippen LogP contribution in [0.3, 0.4) is 0 Å². The number of fused-ring (bicyclic) bond motifs is 1. The molecule has 1 N–H and O–H groups in total. The van der Waals surface area contributed by atoms with Crippen molar-refractivity contribution in [3.63, 3.8) is 0 Å². The van der Waals surface area contributed by atoms with Crippen molar-refractivity contribution in [1.82, 2.24) is 9.78 Å². The maximum absolute atomic E-state index is 5.18. The Morgan fingerprint density at radius 3 is 2.71 bits per heavy atom. The number of nitrogens with one attached hydrogen (secondary N) is 1. The molecule has 2 heterocycles. The second kappa shape index (κ2) is 6.62. The van der Waals surface area contributed by atoms with Gasteiger partial charge in [-0.25, -0.2) is 4.68 Å². The fourth-order valence-corrected chi connectivity index (χ4v) is 4.35.